The van der Waals surface area contributed by atoms with Gasteiger partial charge >= 0.3 is 23.3 Å². The number of anilines is 2. The third kappa shape index (κ3) is 5.97. The van der Waals surface area contributed by atoms with E-state index in [1.54, 1.807) is 0 Å². The molecule has 0 saturated heterocycles. The van der Waals surface area contributed by atoms with Gasteiger partial charge in [-0.15, -0.1) is 0 Å². The molecule has 0 aliphatic heterocycles. The van der Waals surface area contributed by atoms with Crippen LogP contribution < -0.4 is 22.8 Å². The molecule has 0 aliphatic rings. The molecule has 0 bridgehead atoms. The van der Waals surface area contributed by atoms with Crippen molar-refractivity contribution in [1.82, 2.24) is 19.9 Å². The summed E-state index contributed by atoms with van der Waals surface area (Å²) in [4.78, 5) is 52.6. The lowest BCUT2D eigenvalue weighted by atomic mass is 10.2. The van der Waals surface area contributed by atoms with E-state index in [0.29, 0.717) is 11.1 Å². The van der Waals surface area contributed by atoms with E-state index < -0.39 is 23.3 Å². The number of hydrogen-bond acceptors (Lipinski definition) is 8. The Labute approximate surface area is 133 Å². The van der Waals surface area contributed by atoms with Crippen LogP contribution in [0, 0.1) is 0 Å². The van der Waals surface area contributed by atoms with Gasteiger partial charge in [0.05, 0.1) is 12.8 Å². The Morgan fingerprint density at radius 2 is 1.21 bits per heavy atom. The maximum atomic E-state index is 10.5. The molecule has 0 saturated carbocycles. The summed E-state index contributed by atoms with van der Waals surface area (Å²) in [6.07, 6.45) is 1.83. The van der Waals surface area contributed by atoms with Crippen LogP contribution in [0.3, 0.4) is 0 Å². The Bertz CT molecular complexity index is 786. The predicted octanol–water partition coefficient (Wildman–Crippen LogP) is -2.04. The topological polar surface area (TPSA) is 218 Å². The number of nitrogens with one attached hydrogen (secondary N) is 2. The van der Waals surface area contributed by atoms with Crippen LogP contribution in [-0.4, -0.2) is 42.1 Å². The summed E-state index contributed by atoms with van der Waals surface area (Å²) in [6, 6.07) is 0. The van der Waals surface area contributed by atoms with Crippen molar-refractivity contribution >= 4 is 23.6 Å². The van der Waals surface area contributed by atoms with Crippen molar-refractivity contribution in [2.45, 2.75) is 12.8 Å². The van der Waals surface area contributed by atoms with E-state index in [1.807, 2.05) is 0 Å². The fourth-order valence-corrected chi connectivity index (χ4v) is 1.48. The molecule has 0 amide bonds. The highest BCUT2D eigenvalue weighted by Gasteiger charge is 2.05. The normalized spacial score (nSPS) is 9.67. The number of carbonyl (C=O) groups is 2. The van der Waals surface area contributed by atoms with E-state index in [4.69, 9.17) is 21.7 Å². The van der Waals surface area contributed by atoms with E-state index in [-0.39, 0.29) is 24.5 Å². The molecule has 2 aromatic heterocycles. The number of aromatic nitrogens is 4. The second kappa shape index (κ2) is 8.07. The molecule has 0 aliphatic carbocycles. The van der Waals surface area contributed by atoms with E-state index in [0.717, 1.165) is 12.4 Å². The molecule has 128 valence electrons. The predicted molar refractivity (Wildman–Crippen MR) is 81.2 cm³/mol. The van der Waals surface area contributed by atoms with Crippen LogP contribution >= 0.6 is 0 Å². The van der Waals surface area contributed by atoms with Crippen molar-refractivity contribution in [2.75, 3.05) is 11.5 Å². The number of aliphatic carboxylic acids is 2. The molecule has 0 radical (unpaired) electrons. The molecule has 0 aromatic carbocycles. The quantitative estimate of drug-likeness (QED) is 0.358. The van der Waals surface area contributed by atoms with Crippen molar-refractivity contribution in [3.8, 4) is 0 Å². The second-order valence-electron chi connectivity index (χ2n) is 4.40. The monoisotopic (exact) mass is 338 g/mol. The maximum Gasteiger partial charge on any atom is 0.346 e. The van der Waals surface area contributed by atoms with Crippen LogP contribution in [0.5, 0.6) is 0 Å². The summed E-state index contributed by atoms with van der Waals surface area (Å²) >= 11 is 0. The van der Waals surface area contributed by atoms with E-state index >= 15 is 0 Å². The molecule has 12 heteroatoms. The van der Waals surface area contributed by atoms with Crippen LogP contribution in [0.1, 0.15) is 11.1 Å². The fraction of sp³-hybridized carbons (Fsp3) is 0.167. The summed E-state index contributed by atoms with van der Waals surface area (Å²) in [6.45, 7) is 0. The van der Waals surface area contributed by atoms with E-state index in [2.05, 4.69) is 19.9 Å². The Hall–Kier alpha value is -3.70. The first-order chi connectivity index (χ1) is 11.2. The van der Waals surface area contributed by atoms with Gasteiger partial charge in [-0.25, -0.2) is 19.6 Å². The van der Waals surface area contributed by atoms with Gasteiger partial charge in [0, 0.05) is 23.5 Å². The van der Waals surface area contributed by atoms with Crippen molar-refractivity contribution in [3.63, 3.8) is 0 Å². The molecule has 24 heavy (non-hydrogen) atoms. The standard InChI is InChI=1S/2C6H7N3O3/c2*7-5-3(1-4(10)11)2-8-6(12)9-5/h2*2H,1H2,(H,10,11)(H3,7,8,9,12). The summed E-state index contributed by atoms with van der Waals surface area (Å²) in [5.41, 5.74) is 10.1. The molecule has 0 unspecified atom stereocenters. The van der Waals surface area contributed by atoms with Gasteiger partial charge in [-0.1, -0.05) is 0 Å². The zero-order valence-corrected chi connectivity index (χ0v) is 12.1. The molecule has 2 aromatic rings. The second-order valence-corrected chi connectivity index (χ2v) is 4.40. The number of nitrogen functional groups attached to an aromatic ring is 2. The average molecular weight is 338 g/mol. The molecule has 0 fully saturated rings. The van der Waals surface area contributed by atoms with Gasteiger partial charge < -0.3 is 21.7 Å². The zero-order valence-electron chi connectivity index (χ0n) is 12.1. The van der Waals surface area contributed by atoms with Crippen molar-refractivity contribution in [2.24, 2.45) is 0 Å². The van der Waals surface area contributed by atoms with Crippen molar-refractivity contribution in [1.29, 1.82) is 0 Å². The number of nitrogens with zero attached hydrogens (tertiary/aromatic N) is 2. The van der Waals surface area contributed by atoms with Crippen molar-refractivity contribution < 1.29 is 19.8 Å². The first-order valence-electron chi connectivity index (χ1n) is 6.30. The average Bonchev–Trinajstić information content (AvgIpc) is 2.45. The number of carboxylic acids is 2. The lowest BCUT2D eigenvalue weighted by molar-refractivity contribution is -0.137. The van der Waals surface area contributed by atoms with Crippen LogP contribution in [0.15, 0.2) is 22.0 Å². The van der Waals surface area contributed by atoms with Crippen LogP contribution in [0.25, 0.3) is 0 Å². The van der Waals surface area contributed by atoms with Gasteiger partial charge in [-0.05, 0) is 0 Å². The lowest BCUT2D eigenvalue weighted by Crippen LogP contribution is -2.15. The Morgan fingerprint density at radius 1 is 0.875 bits per heavy atom. The zero-order chi connectivity index (χ0) is 18.3. The van der Waals surface area contributed by atoms with Gasteiger partial charge in [0.25, 0.3) is 0 Å². The van der Waals surface area contributed by atoms with Gasteiger partial charge in [-0.3, -0.25) is 19.6 Å². The molecule has 2 heterocycles. The molecule has 8 N–H and O–H groups in total. The van der Waals surface area contributed by atoms with Crippen LogP contribution in [0.2, 0.25) is 0 Å². The molecular weight excluding hydrogens is 324 g/mol. The Morgan fingerprint density at radius 3 is 1.46 bits per heavy atom. The van der Waals surface area contributed by atoms with Gasteiger partial charge in [0.1, 0.15) is 11.6 Å². The number of carboxylic acid groups (broad SMARTS) is 2. The molecule has 2 rings (SSSR count). The summed E-state index contributed by atoms with van der Waals surface area (Å²) in [5, 5.41) is 16.8. The highest BCUT2D eigenvalue weighted by molar-refractivity contribution is 5.72. The molecule has 0 atom stereocenters. The maximum absolute atomic E-state index is 10.5. The highest BCUT2D eigenvalue weighted by Crippen LogP contribution is 2.04. The van der Waals surface area contributed by atoms with Crippen LogP contribution in [0.4, 0.5) is 11.6 Å². The number of rotatable bonds is 4. The fourth-order valence-electron chi connectivity index (χ4n) is 1.48. The molecule has 12 nitrogen and oxygen atoms in total. The van der Waals surface area contributed by atoms with Gasteiger partial charge in [0.2, 0.25) is 0 Å². The number of aromatic amines is 2. The lowest BCUT2D eigenvalue weighted by Gasteiger charge is -1.98. The number of H-pyrrole nitrogens is 2. The van der Waals surface area contributed by atoms with Gasteiger partial charge in [0.15, 0.2) is 0 Å². The minimum Gasteiger partial charge on any atom is -0.481 e. The smallest absolute Gasteiger partial charge is 0.346 e. The van der Waals surface area contributed by atoms with Gasteiger partial charge in [-0.2, -0.15) is 0 Å². The van der Waals surface area contributed by atoms with Crippen LogP contribution in [-0.2, 0) is 22.4 Å². The highest BCUT2D eigenvalue weighted by atomic mass is 16.4. The Balaban J connectivity index is 0.000000240. The first kappa shape index (κ1) is 18.3. The molecular formula is C12H14N6O6. The van der Waals surface area contributed by atoms with E-state index in [1.165, 1.54) is 0 Å². The summed E-state index contributed by atoms with van der Waals surface area (Å²) < 4.78 is 0. The minimum absolute atomic E-state index is 0.0531. The third-order valence-corrected chi connectivity index (χ3v) is 2.53. The largest absolute Gasteiger partial charge is 0.481 e. The SMILES string of the molecule is Nc1[nH]c(=O)ncc1CC(=O)O.Nc1[nH]c(=O)ncc1CC(=O)O. The number of nitrogens with two attached hydrogens (primary N) is 2. The van der Waals surface area contributed by atoms with E-state index in [9.17, 15) is 19.2 Å². The minimum atomic E-state index is -1.02. The summed E-state index contributed by atoms with van der Waals surface area (Å²) in [7, 11) is 0. The van der Waals surface area contributed by atoms with Crippen molar-refractivity contribution in [3.05, 3.63) is 44.5 Å². The Kier molecular flexibility index (Phi) is 6.17. The third-order valence-electron chi connectivity index (χ3n) is 2.53. The first-order valence-corrected chi connectivity index (χ1v) is 6.30. The molecule has 0 spiro atoms. The summed E-state index contributed by atoms with van der Waals surface area (Å²) in [5.74, 6) is -1.93. The number of hydrogen-bond donors (Lipinski definition) is 6.